The van der Waals surface area contributed by atoms with Crippen LogP contribution in [0, 0.1) is 5.41 Å². The maximum Gasteiger partial charge on any atom is 0.417 e. The van der Waals surface area contributed by atoms with Gasteiger partial charge in [-0.1, -0.05) is 0 Å². The first kappa shape index (κ1) is 11.8. The zero-order chi connectivity index (χ0) is 13.6. The number of anilines is 1. The van der Waals surface area contributed by atoms with Crippen LogP contribution in [-0.4, -0.2) is 29.7 Å². The lowest BCUT2D eigenvalue weighted by molar-refractivity contribution is -0.142. The average Bonchev–Trinajstić information content (AvgIpc) is 3.03. The molecule has 0 aliphatic heterocycles. The summed E-state index contributed by atoms with van der Waals surface area (Å²) in [5.74, 6) is -1.23. The van der Waals surface area contributed by atoms with Gasteiger partial charge >= 0.3 is 11.7 Å². The summed E-state index contributed by atoms with van der Waals surface area (Å²) in [6, 6.07) is 5.34. The summed E-state index contributed by atoms with van der Waals surface area (Å²) in [7, 11) is 1.84. The van der Waals surface area contributed by atoms with Gasteiger partial charge in [0.25, 0.3) is 0 Å². The molecule has 19 heavy (non-hydrogen) atoms. The number of hydrogen-bond donors (Lipinski definition) is 2. The highest BCUT2D eigenvalue weighted by Gasteiger charge is 2.50. The van der Waals surface area contributed by atoms with Gasteiger partial charge in [0.2, 0.25) is 0 Å². The number of rotatable bonds is 4. The predicted octanol–water partition coefficient (Wildman–Crippen LogP) is 1.42. The molecule has 0 bridgehead atoms. The summed E-state index contributed by atoms with van der Waals surface area (Å²) in [5.41, 5.74) is 1.35. The Balaban J connectivity index is 1.87. The number of aliphatic carboxylic acids is 1. The van der Waals surface area contributed by atoms with Crippen LogP contribution in [0.3, 0.4) is 0 Å². The number of carbonyl (C=O) groups is 1. The van der Waals surface area contributed by atoms with Crippen LogP contribution in [-0.2, 0) is 4.79 Å². The van der Waals surface area contributed by atoms with Crippen LogP contribution < -0.4 is 10.7 Å². The van der Waals surface area contributed by atoms with Gasteiger partial charge in [-0.05, 0) is 25.0 Å². The highest BCUT2D eigenvalue weighted by Crippen LogP contribution is 2.46. The van der Waals surface area contributed by atoms with E-state index in [2.05, 4.69) is 4.98 Å². The summed E-state index contributed by atoms with van der Waals surface area (Å²) in [4.78, 5) is 26.7. The van der Waals surface area contributed by atoms with Crippen molar-refractivity contribution < 1.29 is 14.3 Å². The molecule has 1 heterocycles. The number of fused-ring (bicyclic) bond motifs is 1. The van der Waals surface area contributed by atoms with Crippen LogP contribution in [0.5, 0.6) is 0 Å². The molecular formula is C13H14N2O4. The monoisotopic (exact) mass is 262 g/mol. The van der Waals surface area contributed by atoms with Crippen LogP contribution in [0.2, 0.25) is 0 Å². The van der Waals surface area contributed by atoms with Gasteiger partial charge in [0.05, 0.1) is 10.9 Å². The minimum atomic E-state index is -0.742. The second-order valence-corrected chi connectivity index (χ2v) is 5.14. The third-order valence-corrected chi connectivity index (χ3v) is 3.69. The van der Waals surface area contributed by atoms with E-state index in [1.54, 1.807) is 12.1 Å². The van der Waals surface area contributed by atoms with Crippen molar-refractivity contribution in [2.45, 2.75) is 12.8 Å². The van der Waals surface area contributed by atoms with E-state index in [0.717, 1.165) is 5.69 Å². The summed E-state index contributed by atoms with van der Waals surface area (Å²) in [5, 5.41) is 9.18. The number of hydrogen-bond acceptors (Lipinski definition) is 4. The number of benzene rings is 1. The molecule has 1 aromatic carbocycles. The summed E-state index contributed by atoms with van der Waals surface area (Å²) >= 11 is 0. The Bertz CT molecular complexity index is 696. The summed E-state index contributed by atoms with van der Waals surface area (Å²) in [6.45, 7) is 0.461. The largest absolute Gasteiger partial charge is 0.481 e. The Morgan fingerprint density at radius 2 is 2.26 bits per heavy atom. The second kappa shape index (κ2) is 3.88. The summed E-state index contributed by atoms with van der Waals surface area (Å²) in [6.07, 6.45) is 1.43. The summed E-state index contributed by atoms with van der Waals surface area (Å²) < 4.78 is 5.00. The number of nitrogens with one attached hydrogen (secondary N) is 1. The van der Waals surface area contributed by atoms with Crippen LogP contribution in [0.25, 0.3) is 11.1 Å². The van der Waals surface area contributed by atoms with E-state index in [-0.39, 0.29) is 0 Å². The maximum atomic E-state index is 11.2. The zero-order valence-electron chi connectivity index (χ0n) is 10.5. The van der Waals surface area contributed by atoms with Crippen molar-refractivity contribution in [2.75, 3.05) is 18.5 Å². The molecule has 0 saturated heterocycles. The van der Waals surface area contributed by atoms with Gasteiger partial charge in [0, 0.05) is 25.3 Å². The van der Waals surface area contributed by atoms with E-state index < -0.39 is 17.1 Å². The van der Waals surface area contributed by atoms with Crippen LogP contribution >= 0.6 is 0 Å². The van der Waals surface area contributed by atoms with Gasteiger partial charge in [-0.25, -0.2) is 4.79 Å². The van der Waals surface area contributed by atoms with Gasteiger partial charge in [-0.3, -0.25) is 9.78 Å². The Morgan fingerprint density at radius 1 is 1.53 bits per heavy atom. The minimum Gasteiger partial charge on any atom is -0.481 e. The van der Waals surface area contributed by atoms with Crippen molar-refractivity contribution in [1.82, 2.24) is 4.98 Å². The molecule has 0 amide bonds. The Kier molecular flexibility index (Phi) is 2.41. The third kappa shape index (κ3) is 1.99. The molecule has 1 aliphatic rings. The van der Waals surface area contributed by atoms with Gasteiger partial charge in [-0.2, -0.15) is 0 Å². The average molecular weight is 262 g/mol. The lowest BCUT2D eigenvalue weighted by atomic mass is 10.1. The Hall–Kier alpha value is -2.24. The van der Waals surface area contributed by atoms with Gasteiger partial charge in [0.15, 0.2) is 5.58 Å². The molecule has 1 aliphatic carbocycles. The normalized spacial score (nSPS) is 16.5. The molecule has 3 rings (SSSR count). The van der Waals surface area contributed by atoms with E-state index in [0.29, 0.717) is 30.5 Å². The van der Waals surface area contributed by atoms with E-state index in [4.69, 9.17) is 4.42 Å². The zero-order valence-corrected chi connectivity index (χ0v) is 10.5. The molecule has 0 atom stereocenters. The number of aromatic amines is 1. The lowest BCUT2D eigenvalue weighted by Crippen LogP contribution is -2.31. The van der Waals surface area contributed by atoms with Crippen molar-refractivity contribution in [3.63, 3.8) is 0 Å². The van der Waals surface area contributed by atoms with Crippen molar-refractivity contribution in [3.05, 3.63) is 28.7 Å². The van der Waals surface area contributed by atoms with Crippen LogP contribution in [0.1, 0.15) is 12.8 Å². The smallest absolute Gasteiger partial charge is 0.417 e. The van der Waals surface area contributed by atoms with Crippen molar-refractivity contribution in [1.29, 1.82) is 0 Å². The lowest BCUT2D eigenvalue weighted by Gasteiger charge is -2.23. The number of H-pyrrole nitrogens is 1. The molecule has 0 radical (unpaired) electrons. The first-order valence-electron chi connectivity index (χ1n) is 6.08. The molecule has 0 spiro atoms. The molecule has 2 aromatic rings. The molecule has 1 saturated carbocycles. The van der Waals surface area contributed by atoms with Crippen LogP contribution in [0.4, 0.5) is 5.69 Å². The molecule has 6 heteroatoms. The first-order valence-corrected chi connectivity index (χ1v) is 6.08. The minimum absolute atomic E-state index is 0.461. The number of nitrogens with zero attached hydrogens (tertiary/aromatic N) is 1. The molecule has 100 valence electrons. The Morgan fingerprint density at radius 3 is 2.89 bits per heavy atom. The van der Waals surface area contributed by atoms with Gasteiger partial charge in [0.1, 0.15) is 0 Å². The van der Waals surface area contributed by atoms with Crippen molar-refractivity contribution in [2.24, 2.45) is 5.41 Å². The Labute approximate surface area is 108 Å². The topological polar surface area (TPSA) is 86.5 Å². The number of oxazole rings is 1. The molecule has 0 unspecified atom stereocenters. The third-order valence-electron chi connectivity index (χ3n) is 3.69. The standard InChI is InChI=1S/C13H14N2O4/c1-15(7-13(4-5-13)11(16)17)8-2-3-9-10(6-8)19-12(18)14-9/h2-3,6H,4-5,7H2,1H3,(H,14,18)(H,16,17). The predicted molar refractivity (Wildman–Crippen MR) is 69.4 cm³/mol. The number of carboxylic acids is 1. The fourth-order valence-electron chi connectivity index (χ4n) is 2.31. The fraction of sp³-hybridized carbons (Fsp3) is 0.385. The van der Waals surface area contributed by atoms with Crippen molar-refractivity contribution in [3.8, 4) is 0 Å². The fourth-order valence-corrected chi connectivity index (χ4v) is 2.31. The van der Waals surface area contributed by atoms with Gasteiger partial charge < -0.3 is 14.4 Å². The van der Waals surface area contributed by atoms with E-state index in [9.17, 15) is 14.7 Å². The SMILES string of the molecule is CN(CC1(C(=O)O)CC1)c1ccc2[nH]c(=O)oc2c1. The second-order valence-electron chi connectivity index (χ2n) is 5.14. The van der Waals surface area contributed by atoms with Gasteiger partial charge in [-0.15, -0.1) is 0 Å². The molecule has 2 N–H and O–H groups in total. The highest BCUT2D eigenvalue weighted by atomic mass is 16.4. The van der Waals surface area contributed by atoms with E-state index in [1.807, 2.05) is 18.0 Å². The number of carboxylic acid groups (broad SMARTS) is 1. The maximum absolute atomic E-state index is 11.2. The molecular weight excluding hydrogens is 248 g/mol. The van der Waals surface area contributed by atoms with E-state index in [1.165, 1.54) is 0 Å². The highest BCUT2D eigenvalue weighted by molar-refractivity contribution is 5.80. The molecule has 1 fully saturated rings. The van der Waals surface area contributed by atoms with Crippen LogP contribution in [0.15, 0.2) is 27.4 Å². The molecule has 6 nitrogen and oxygen atoms in total. The quantitative estimate of drug-likeness (QED) is 0.870. The molecule has 1 aromatic heterocycles. The van der Waals surface area contributed by atoms with Crippen molar-refractivity contribution >= 4 is 22.8 Å². The number of aromatic nitrogens is 1. The first-order chi connectivity index (χ1) is 9.00. The van der Waals surface area contributed by atoms with E-state index >= 15 is 0 Å².